The van der Waals surface area contributed by atoms with E-state index in [0.717, 1.165) is 38.2 Å². The van der Waals surface area contributed by atoms with Crippen molar-refractivity contribution in [2.75, 3.05) is 31.1 Å². The van der Waals surface area contributed by atoms with E-state index in [4.69, 9.17) is 0 Å². The molecule has 2 N–H and O–H groups in total. The van der Waals surface area contributed by atoms with Crippen molar-refractivity contribution in [2.24, 2.45) is 11.3 Å². The summed E-state index contributed by atoms with van der Waals surface area (Å²) in [6, 6.07) is 5.78. The summed E-state index contributed by atoms with van der Waals surface area (Å²) in [7, 11) is 0. The Hall–Kier alpha value is -2.31. The number of carboxylic acid groups (broad SMARTS) is 1. The number of urea groups is 1. The first-order valence-electron chi connectivity index (χ1n) is 9.03. The van der Waals surface area contributed by atoms with Crippen LogP contribution in [0, 0.1) is 11.3 Å². The maximum Gasteiger partial charge on any atom is 0.317 e. The summed E-state index contributed by atoms with van der Waals surface area (Å²) in [5.41, 5.74) is -0.715. The molecule has 25 heavy (non-hydrogen) atoms. The fraction of sp³-hybridized carbons (Fsp3) is 0.611. The number of likely N-dealkylation sites (tertiary alicyclic amines) is 1. The van der Waals surface area contributed by atoms with Crippen LogP contribution in [0.15, 0.2) is 24.4 Å². The Morgan fingerprint density at radius 1 is 1.28 bits per heavy atom. The Morgan fingerprint density at radius 3 is 2.88 bits per heavy atom. The van der Waals surface area contributed by atoms with Gasteiger partial charge in [0.15, 0.2) is 0 Å². The zero-order valence-corrected chi connectivity index (χ0v) is 14.2. The first-order valence-corrected chi connectivity index (χ1v) is 9.03. The van der Waals surface area contributed by atoms with Gasteiger partial charge in [-0.2, -0.15) is 0 Å². The van der Waals surface area contributed by atoms with Crippen molar-refractivity contribution in [3.05, 3.63) is 24.4 Å². The number of anilines is 1. The first-order chi connectivity index (χ1) is 12.1. The van der Waals surface area contributed by atoms with Crippen LogP contribution in [0.2, 0.25) is 0 Å². The number of rotatable bonds is 3. The highest BCUT2D eigenvalue weighted by molar-refractivity contribution is 5.80. The molecule has 4 rings (SSSR count). The van der Waals surface area contributed by atoms with Gasteiger partial charge >= 0.3 is 12.0 Å². The lowest BCUT2D eigenvalue weighted by Gasteiger charge is -2.24. The fourth-order valence-corrected chi connectivity index (χ4v) is 4.69. The molecule has 1 aromatic heterocycles. The van der Waals surface area contributed by atoms with Crippen LogP contribution in [-0.4, -0.2) is 59.2 Å². The van der Waals surface area contributed by atoms with E-state index in [0.29, 0.717) is 19.5 Å². The summed E-state index contributed by atoms with van der Waals surface area (Å²) in [5, 5.41) is 12.7. The number of amides is 2. The number of hydrogen-bond donors (Lipinski definition) is 2. The fourth-order valence-electron chi connectivity index (χ4n) is 4.69. The number of pyridine rings is 1. The predicted molar refractivity (Wildman–Crippen MR) is 92.4 cm³/mol. The molecule has 0 aromatic carbocycles. The molecule has 2 saturated heterocycles. The number of fused-ring (bicyclic) bond motifs is 1. The maximum absolute atomic E-state index is 12.6. The number of carboxylic acids is 1. The zero-order chi connectivity index (χ0) is 17.4. The number of nitrogens with one attached hydrogen (secondary N) is 1. The Bertz CT molecular complexity index is 668. The van der Waals surface area contributed by atoms with Gasteiger partial charge in [0.05, 0.1) is 5.41 Å². The maximum atomic E-state index is 12.6. The highest BCUT2D eigenvalue weighted by Gasteiger charge is 2.55. The molecule has 3 heterocycles. The minimum atomic E-state index is -0.743. The zero-order valence-electron chi connectivity index (χ0n) is 14.2. The van der Waals surface area contributed by atoms with Crippen LogP contribution in [0.3, 0.4) is 0 Å². The van der Waals surface area contributed by atoms with Crippen LogP contribution < -0.4 is 10.2 Å². The molecule has 7 heteroatoms. The Labute approximate surface area is 147 Å². The van der Waals surface area contributed by atoms with Crippen molar-refractivity contribution in [3.63, 3.8) is 0 Å². The predicted octanol–water partition coefficient (Wildman–Crippen LogP) is 1.56. The SMILES string of the molecule is O=C(NC1CCN(c2ccccn2)C1)N1C[C@@H]2CCC[C@@]2(C(=O)O)C1. The van der Waals surface area contributed by atoms with Gasteiger partial charge in [0.2, 0.25) is 0 Å². The van der Waals surface area contributed by atoms with Crippen molar-refractivity contribution in [1.82, 2.24) is 15.2 Å². The van der Waals surface area contributed by atoms with E-state index in [9.17, 15) is 14.7 Å². The molecule has 1 unspecified atom stereocenters. The second-order valence-corrected chi connectivity index (χ2v) is 7.50. The molecule has 0 radical (unpaired) electrons. The van der Waals surface area contributed by atoms with Gasteiger partial charge in [-0.05, 0) is 37.3 Å². The van der Waals surface area contributed by atoms with E-state index in [2.05, 4.69) is 15.2 Å². The quantitative estimate of drug-likeness (QED) is 0.869. The summed E-state index contributed by atoms with van der Waals surface area (Å²) in [6.45, 7) is 2.51. The number of carbonyl (C=O) groups is 2. The normalized spacial score (nSPS) is 31.2. The average Bonchev–Trinajstić information content (AvgIpc) is 3.29. The van der Waals surface area contributed by atoms with Gasteiger partial charge in [0, 0.05) is 38.4 Å². The van der Waals surface area contributed by atoms with Gasteiger partial charge in [0.25, 0.3) is 0 Å². The molecule has 0 spiro atoms. The van der Waals surface area contributed by atoms with Gasteiger partial charge in [-0.1, -0.05) is 12.5 Å². The van der Waals surface area contributed by atoms with E-state index in [-0.39, 0.29) is 18.0 Å². The molecule has 1 saturated carbocycles. The topological polar surface area (TPSA) is 85.8 Å². The molecule has 3 atom stereocenters. The summed E-state index contributed by atoms with van der Waals surface area (Å²) < 4.78 is 0. The second-order valence-electron chi connectivity index (χ2n) is 7.50. The third kappa shape index (κ3) is 2.81. The highest BCUT2D eigenvalue weighted by Crippen LogP contribution is 2.48. The van der Waals surface area contributed by atoms with Gasteiger partial charge in [-0.3, -0.25) is 4.79 Å². The minimum absolute atomic E-state index is 0.0794. The number of aliphatic carboxylic acids is 1. The largest absolute Gasteiger partial charge is 0.481 e. The first kappa shape index (κ1) is 16.2. The highest BCUT2D eigenvalue weighted by atomic mass is 16.4. The molecule has 134 valence electrons. The van der Waals surface area contributed by atoms with Crippen LogP contribution in [0.1, 0.15) is 25.7 Å². The molecular formula is C18H24N4O3. The number of hydrogen-bond acceptors (Lipinski definition) is 4. The van der Waals surface area contributed by atoms with E-state index in [1.54, 1.807) is 11.1 Å². The Balaban J connectivity index is 1.35. The lowest BCUT2D eigenvalue weighted by molar-refractivity contribution is -0.149. The molecule has 3 fully saturated rings. The van der Waals surface area contributed by atoms with Crippen molar-refractivity contribution >= 4 is 17.8 Å². The second kappa shape index (κ2) is 6.20. The summed E-state index contributed by atoms with van der Waals surface area (Å²) in [4.78, 5) is 32.6. The summed E-state index contributed by atoms with van der Waals surface area (Å²) >= 11 is 0. The van der Waals surface area contributed by atoms with Gasteiger partial charge in [0.1, 0.15) is 5.82 Å². The van der Waals surface area contributed by atoms with Crippen LogP contribution in [0.4, 0.5) is 10.6 Å². The van der Waals surface area contributed by atoms with E-state index in [1.165, 1.54) is 0 Å². The third-order valence-corrected chi connectivity index (χ3v) is 6.07. The summed E-state index contributed by atoms with van der Waals surface area (Å²) in [6.07, 6.45) is 5.20. The van der Waals surface area contributed by atoms with E-state index in [1.807, 2.05) is 18.2 Å². The summed E-state index contributed by atoms with van der Waals surface area (Å²) in [5.74, 6) is 0.289. The average molecular weight is 344 g/mol. The standard InChI is InChI=1S/C18H24N4O3/c23-16(24)18-7-3-4-13(18)10-22(12-18)17(25)20-14-6-9-21(11-14)15-5-1-2-8-19-15/h1-2,5,8,13-14H,3-4,6-7,9-12H2,(H,20,25)(H,23,24)/t13-,14?,18+/m0/s1. The van der Waals surface area contributed by atoms with Gasteiger partial charge in [-0.15, -0.1) is 0 Å². The van der Waals surface area contributed by atoms with Crippen molar-refractivity contribution in [1.29, 1.82) is 0 Å². The van der Waals surface area contributed by atoms with Crippen LogP contribution in [-0.2, 0) is 4.79 Å². The molecule has 0 bridgehead atoms. The molecule has 1 aliphatic carbocycles. The monoisotopic (exact) mass is 344 g/mol. The molecule has 2 aliphatic heterocycles. The molecule has 2 amide bonds. The lowest BCUT2D eigenvalue weighted by atomic mass is 9.81. The smallest absolute Gasteiger partial charge is 0.317 e. The minimum Gasteiger partial charge on any atom is -0.481 e. The number of aromatic nitrogens is 1. The van der Waals surface area contributed by atoms with Gasteiger partial charge < -0.3 is 20.2 Å². The van der Waals surface area contributed by atoms with Crippen molar-refractivity contribution < 1.29 is 14.7 Å². The van der Waals surface area contributed by atoms with Crippen molar-refractivity contribution in [3.8, 4) is 0 Å². The molecule has 7 nitrogen and oxygen atoms in total. The lowest BCUT2D eigenvalue weighted by Crippen LogP contribution is -2.46. The van der Waals surface area contributed by atoms with E-state index < -0.39 is 11.4 Å². The van der Waals surface area contributed by atoms with Crippen LogP contribution in [0.5, 0.6) is 0 Å². The van der Waals surface area contributed by atoms with Crippen molar-refractivity contribution in [2.45, 2.75) is 31.7 Å². The number of nitrogens with zero attached hydrogens (tertiary/aromatic N) is 3. The van der Waals surface area contributed by atoms with Gasteiger partial charge in [-0.25, -0.2) is 9.78 Å². The molecular weight excluding hydrogens is 320 g/mol. The Kier molecular flexibility index (Phi) is 4.01. The van der Waals surface area contributed by atoms with Crippen LogP contribution >= 0.6 is 0 Å². The molecule has 1 aromatic rings. The van der Waals surface area contributed by atoms with Crippen LogP contribution in [0.25, 0.3) is 0 Å². The number of carbonyl (C=O) groups excluding carboxylic acids is 1. The van der Waals surface area contributed by atoms with E-state index >= 15 is 0 Å². The third-order valence-electron chi connectivity index (χ3n) is 6.07. The Morgan fingerprint density at radius 2 is 2.16 bits per heavy atom. The molecule has 3 aliphatic rings.